The van der Waals surface area contributed by atoms with Crippen molar-refractivity contribution in [1.82, 2.24) is 10.6 Å². The standard InChI is InChI=1S/C13H18BrN3O3/c1-13(2,12(18)15-3)8-16-7-9-4-5-10(14)11(6-9)17(19)20/h4-6,16H,7-8H2,1-3H3,(H,15,18). The number of halogens is 1. The monoisotopic (exact) mass is 343 g/mol. The van der Waals surface area contributed by atoms with Crippen LogP contribution in [0, 0.1) is 15.5 Å². The second-order valence-electron chi connectivity index (χ2n) is 5.11. The van der Waals surface area contributed by atoms with Crippen molar-refractivity contribution in [3.05, 3.63) is 38.3 Å². The van der Waals surface area contributed by atoms with Gasteiger partial charge in [0.2, 0.25) is 5.91 Å². The van der Waals surface area contributed by atoms with Crippen LogP contribution in [0.3, 0.4) is 0 Å². The number of nitrogens with one attached hydrogen (secondary N) is 2. The zero-order chi connectivity index (χ0) is 15.3. The Morgan fingerprint density at radius 3 is 2.65 bits per heavy atom. The summed E-state index contributed by atoms with van der Waals surface area (Å²) in [6.45, 7) is 4.62. The summed E-state index contributed by atoms with van der Waals surface area (Å²) in [5.74, 6) is -0.0493. The van der Waals surface area contributed by atoms with Crippen molar-refractivity contribution in [2.75, 3.05) is 13.6 Å². The summed E-state index contributed by atoms with van der Waals surface area (Å²) >= 11 is 3.14. The predicted molar refractivity (Wildman–Crippen MR) is 80.4 cm³/mol. The summed E-state index contributed by atoms with van der Waals surface area (Å²) in [6, 6.07) is 4.97. The Hall–Kier alpha value is -1.47. The molecule has 20 heavy (non-hydrogen) atoms. The molecule has 0 fully saturated rings. The van der Waals surface area contributed by atoms with Gasteiger partial charge in [0.15, 0.2) is 0 Å². The second-order valence-corrected chi connectivity index (χ2v) is 5.96. The van der Waals surface area contributed by atoms with E-state index in [9.17, 15) is 14.9 Å². The minimum absolute atomic E-state index is 0.0369. The van der Waals surface area contributed by atoms with E-state index in [1.165, 1.54) is 6.07 Å². The third kappa shape index (κ3) is 4.28. The molecule has 0 spiro atoms. The van der Waals surface area contributed by atoms with E-state index in [1.807, 2.05) is 13.8 Å². The van der Waals surface area contributed by atoms with Gasteiger partial charge in [-0.05, 0) is 41.4 Å². The van der Waals surface area contributed by atoms with E-state index >= 15 is 0 Å². The van der Waals surface area contributed by atoms with Crippen LogP contribution in [0.1, 0.15) is 19.4 Å². The zero-order valence-corrected chi connectivity index (χ0v) is 13.3. The summed E-state index contributed by atoms with van der Waals surface area (Å²) in [5.41, 5.74) is 0.304. The van der Waals surface area contributed by atoms with Gasteiger partial charge in [-0.3, -0.25) is 14.9 Å². The van der Waals surface area contributed by atoms with Gasteiger partial charge in [-0.2, -0.15) is 0 Å². The van der Waals surface area contributed by atoms with Gasteiger partial charge in [0, 0.05) is 26.2 Å². The third-order valence-electron chi connectivity index (χ3n) is 2.95. The number of nitro groups is 1. The molecule has 1 amide bonds. The zero-order valence-electron chi connectivity index (χ0n) is 11.7. The fourth-order valence-electron chi connectivity index (χ4n) is 1.75. The van der Waals surface area contributed by atoms with Crippen molar-refractivity contribution in [3.63, 3.8) is 0 Å². The van der Waals surface area contributed by atoms with E-state index in [1.54, 1.807) is 19.2 Å². The highest BCUT2D eigenvalue weighted by atomic mass is 79.9. The lowest BCUT2D eigenvalue weighted by atomic mass is 9.92. The van der Waals surface area contributed by atoms with Gasteiger partial charge in [0.25, 0.3) is 5.69 Å². The van der Waals surface area contributed by atoms with Crippen LogP contribution in [0.5, 0.6) is 0 Å². The first-order chi connectivity index (χ1) is 9.27. The van der Waals surface area contributed by atoms with Crippen LogP contribution in [-0.4, -0.2) is 24.4 Å². The average molecular weight is 344 g/mol. The molecule has 1 aromatic rings. The van der Waals surface area contributed by atoms with E-state index in [0.717, 1.165) is 5.56 Å². The fourth-order valence-corrected chi connectivity index (χ4v) is 2.14. The predicted octanol–water partition coefficient (Wildman–Crippen LogP) is 2.22. The van der Waals surface area contributed by atoms with Crippen LogP contribution in [0.2, 0.25) is 0 Å². The van der Waals surface area contributed by atoms with Crippen molar-refractivity contribution >= 4 is 27.5 Å². The number of carbonyl (C=O) groups is 1. The molecule has 0 unspecified atom stereocenters. The van der Waals surface area contributed by atoms with Gasteiger partial charge in [0.05, 0.1) is 14.8 Å². The van der Waals surface area contributed by atoms with Gasteiger partial charge >= 0.3 is 0 Å². The minimum atomic E-state index is -0.532. The molecule has 0 aliphatic heterocycles. The van der Waals surface area contributed by atoms with E-state index in [2.05, 4.69) is 26.6 Å². The molecule has 0 atom stereocenters. The number of hydrogen-bond acceptors (Lipinski definition) is 4. The molecule has 0 aliphatic carbocycles. The lowest BCUT2D eigenvalue weighted by molar-refractivity contribution is -0.385. The number of rotatable bonds is 6. The molecule has 0 bridgehead atoms. The van der Waals surface area contributed by atoms with Crippen molar-refractivity contribution < 1.29 is 9.72 Å². The Morgan fingerprint density at radius 1 is 1.45 bits per heavy atom. The Kier molecular flexibility index (Phi) is 5.64. The molecule has 7 heteroatoms. The highest BCUT2D eigenvalue weighted by Crippen LogP contribution is 2.25. The van der Waals surface area contributed by atoms with Crippen LogP contribution >= 0.6 is 15.9 Å². The lowest BCUT2D eigenvalue weighted by Crippen LogP contribution is -2.41. The average Bonchev–Trinajstić information content (AvgIpc) is 2.39. The third-order valence-corrected chi connectivity index (χ3v) is 3.62. The molecule has 0 heterocycles. The van der Waals surface area contributed by atoms with Crippen LogP contribution in [0.25, 0.3) is 0 Å². The van der Waals surface area contributed by atoms with Gasteiger partial charge in [-0.15, -0.1) is 0 Å². The highest BCUT2D eigenvalue weighted by Gasteiger charge is 2.25. The first kappa shape index (κ1) is 16.6. The summed E-state index contributed by atoms with van der Waals surface area (Å²) in [7, 11) is 1.60. The molecule has 0 radical (unpaired) electrons. The molecule has 1 rings (SSSR count). The quantitative estimate of drug-likeness (QED) is 0.612. The number of nitro benzene ring substituents is 1. The molecule has 110 valence electrons. The van der Waals surface area contributed by atoms with Crippen molar-refractivity contribution in [2.45, 2.75) is 20.4 Å². The number of hydrogen-bond donors (Lipinski definition) is 2. The van der Waals surface area contributed by atoms with Gasteiger partial charge in [-0.25, -0.2) is 0 Å². The van der Waals surface area contributed by atoms with Crippen LogP contribution in [-0.2, 0) is 11.3 Å². The molecule has 0 saturated heterocycles. The van der Waals surface area contributed by atoms with Crippen molar-refractivity contribution in [3.8, 4) is 0 Å². The maximum absolute atomic E-state index is 11.6. The summed E-state index contributed by atoms with van der Waals surface area (Å²) in [6.07, 6.45) is 0. The SMILES string of the molecule is CNC(=O)C(C)(C)CNCc1ccc(Br)c([N+](=O)[O-])c1. The lowest BCUT2D eigenvalue weighted by Gasteiger charge is -2.22. The molecule has 1 aromatic carbocycles. The molecular weight excluding hydrogens is 326 g/mol. The Balaban J connectivity index is 2.65. The van der Waals surface area contributed by atoms with Gasteiger partial charge in [0.1, 0.15) is 0 Å². The van der Waals surface area contributed by atoms with E-state index in [0.29, 0.717) is 17.6 Å². The van der Waals surface area contributed by atoms with E-state index in [-0.39, 0.29) is 11.6 Å². The number of carbonyl (C=O) groups excluding carboxylic acids is 1. The van der Waals surface area contributed by atoms with Gasteiger partial charge < -0.3 is 10.6 Å². The topological polar surface area (TPSA) is 84.3 Å². The number of nitrogens with zero attached hydrogens (tertiary/aromatic N) is 1. The van der Waals surface area contributed by atoms with E-state index < -0.39 is 10.3 Å². The number of benzene rings is 1. The van der Waals surface area contributed by atoms with E-state index in [4.69, 9.17) is 0 Å². The molecule has 0 aromatic heterocycles. The fraction of sp³-hybridized carbons (Fsp3) is 0.462. The Labute approximate surface area is 126 Å². The summed E-state index contributed by atoms with van der Waals surface area (Å²) in [5, 5.41) is 16.6. The second kappa shape index (κ2) is 6.81. The van der Waals surface area contributed by atoms with Crippen molar-refractivity contribution in [1.29, 1.82) is 0 Å². The molecule has 0 saturated carbocycles. The summed E-state index contributed by atoms with van der Waals surface area (Å²) in [4.78, 5) is 22.0. The maximum atomic E-state index is 11.6. The molecule has 0 aliphatic rings. The van der Waals surface area contributed by atoms with Crippen LogP contribution < -0.4 is 10.6 Å². The molecule has 6 nitrogen and oxygen atoms in total. The largest absolute Gasteiger partial charge is 0.359 e. The first-order valence-corrected chi connectivity index (χ1v) is 6.93. The van der Waals surface area contributed by atoms with Crippen LogP contribution in [0.15, 0.2) is 22.7 Å². The molecule has 2 N–H and O–H groups in total. The summed E-state index contributed by atoms with van der Waals surface area (Å²) < 4.78 is 0.456. The smallest absolute Gasteiger partial charge is 0.283 e. The van der Waals surface area contributed by atoms with Gasteiger partial charge in [-0.1, -0.05) is 6.07 Å². The minimum Gasteiger partial charge on any atom is -0.359 e. The maximum Gasteiger partial charge on any atom is 0.283 e. The Morgan fingerprint density at radius 2 is 2.10 bits per heavy atom. The van der Waals surface area contributed by atoms with Crippen molar-refractivity contribution in [2.24, 2.45) is 5.41 Å². The molecular formula is C13H18BrN3O3. The van der Waals surface area contributed by atoms with Crippen LogP contribution in [0.4, 0.5) is 5.69 Å². The first-order valence-electron chi connectivity index (χ1n) is 6.13. The normalized spacial score (nSPS) is 11.2. The number of amides is 1. The highest BCUT2D eigenvalue weighted by molar-refractivity contribution is 9.10. The Bertz CT molecular complexity index is 518.